The van der Waals surface area contributed by atoms with Gasteiger partial charge >= 0.3 is 0 Å². The number of aromatic hydroxyl groups is 1. The number of non-ortho nitro benzene ring substituents is 1. The average molecular weight is 327 g/mol. The molecule has 21 heavy (non-hydrogen) atoms. The lowest BCUT2D eigenvalue weighted by Gasteiger charge is -2.09. The Morgan fingerprint density at radius 2 is 1.95 bits per heavy atom. The molecule has 0 saturated carbocycles. The fourth-order valence-electron chi connectivity index (χ4n) is 1.61. The summed E-state index contributed by atoms with van der Waals surface area (Å²) in [4.78, 5) is 22.2. The molecule has 0 aromatic heterocycles. The number of nitro benzene ring substituents is 1. The largest absolute Gasteiger partial charge is 0.506 e. The average Bonchev–Trinajstić information content (AvgIpc) is 2.43. The minimum absolute atomic E-state index is 0.0271. The predicted octanol–water partition coefficient (Wildman–Crippen LogP) is 3.86. The van der Waals surface area contributed by atoms with E-state index >= 15 is 0 Å². The number of nitrogens with one attached hydrogen (secondary N) is 1. The van der Waals surface area contributed by atoms with Gasteiger partial charge in [0.25, 0.3) is 11.6 Å². The molecule has 108 valence electrons. The molecule has 0 unspecified atom stereocenters. The molecule has 0 fully saturated rings. The molecule has 2 aromatic rings. The van der Waals surface area contributed by atoms with Crippen LogP contribution in [0.5, 0.6) is 5.75 Å². The Balaban J connectivity index is 2.33. The minimum atomic E-state index is -0.640. The summed E-state index contributed by atoms with van der Waals surface area (Å²) < 4.78 is 0. The van der Waals surface area contributed by atoms with Gasteiger partial charge in [-0.2, -0.15) is 0 Å². The van der Waals surface area contributed by atoms with Gasteiger partial charge in [0.2, 0.25) is 0 Å². The van der Waals surface area contributed by atoms with Crippen LogP contribution in [0.2, 0.25) is 10.0 Å². The number of rotatable bonds is 3. The van der Waals surface area contributed by atoms with Crippen LogP contribution in [0.4, 0.5) is 11.4 Å². The van der Waals surface area contributed by atoms with Gasteiger partial charge in [-0.05, 0) is 18.2 Å². The van der Waals surface area contributed by atoms with E-state index in [1.54, 1.807) is 0 Å². The first-order valence-electron chi connectivity index (χ1n) is 5.63. The van der Waals surface area contributed by atoms with Crippen molar-refractivity contribution in [3.05, 3.63) is 62.1 Å². The number of amides is 1. The van der Waals surface area contributed by atoms with E-state index < -0.39 is 10.8 Å². The van der Waals surface area contributed by atoms with Gasteiger partial charge in [0.05, 0.1) is 26.2 Å². The Morgan fingerprint density at radius 1 is 1.24 bits per heavy atom. The van der Waals surface area contributed by atoms with E-state index in [0.717, 1.165) is 6.07 Å². The molecular formula is C13H8Cl2N2O4. The van der Waals surface area contributed by atoms with Gasteiger partial charge in [0.15, 0.2) is 0 Å². The van der Waals surface area contributed by atoms with Gasteiger partial charge in [-0.15, -0.1) is 0 Å². The van der Waals surface area contributed by atoms with Crippen molar-refractivity contribution in [2.75, 3.05) is 5.32 Å². The quantitative estimate of drug-likeness (QED) is 0.661. The van der Waals surface area contributed by atoms with Crippen LogP contribution in [0.25, 0.3) is 0 Å². The lowest BCUT2D eigenvalue weighted by atomic mass is 10.2. The van der Waals surface area contributed by atoms with E-state index in [9.17, 15) is 20.0 Å². The number of hydrogen-bond acceptors (Lipinski definition) is 4. The standard InChI is InChI=1S/C13H8Cl2N2O4/c14-9-5-4-7(17(20)21)6-10(9)16-13(19)8-2-1-3-11(18)12(8)15/h1-6,18H,(H,16,19). The number of halogens is 2. The molecule has 8 heteroatoms. The molecule has 1 amide bonds. The maximum atomic E-state index is 12.1. The van der Waals surface area contributed by atoms with Crippen LogP contribution in [0.1, 0.15) is 10.4 Å². The van der Waals surface area contributed by atoms with Crippen LogP contribution in [0.3, 0.4) is 0 Å². The maximum absolute atomic E-state index is 12.1. The van der Waals surface area contributed by atoms with Crippen molar-refractivity contribution in [3.63, 3.8) is 0 Å². The number of carbonyl (C=O) groups is 1. The van der Waals surface area contributed by atoms with E-state index in [1.165, 1.54) is 30.3 Å². The third-order valence-electron chi connectivity index (χ3n) is 2.63. The third kappa shape index (κ3) is 3.24. The zero-order valence-corrected chi connectivity index (χ0v) is 11.9. The van der Waals surface area contributed by atoms with Crippen molar-refractivity contribution in [1.29, 1.82) is 0 Å². The molecule has 2 N–H and O–H groups in total. The summed E-state index contributed by atoms with van der Waals surface area (Å²) in [6, 6.07) is 7.85. The molecule has 2 aromatic carbocycles. The van der Waals surface area contributed by atoms with Gasteiger partial charge in [-0.25, -0.2) is 0 Å². The normalized spacial score (nSPS) is 10.2. The summed E-state index contributed by atoms with van der Waals surface area (Å²) in [5.74, 6) is -0.882. The summed E-state index contributed by atoms with van der Waals surface area (Å²) >= 11 is 11.7. The van der Waals surface area contributed by atoms with Crippen LogP contribution in [-0.2, 0) is 0 Å². The number of hydrogen-bond donors (Lipinski definition) is 2. The smallest absolute Gasteiger partial charge is 0.271 e. The molecule has 0 spiro atoms. The van der Waals surface area contributed by atoms with E-state index in [0.29, 0.717) is 0 Å². The van der Waals surface area contributed by atoms with Gasteiger partial charge in [-0.3, -0.25) is 14.9 Å². The Morgan fingerprint density at radius 3 is 2.62 bits per heavy atom. The first-order valence-corrected chi connectivity index (χ1v) is 6.38. The molecule has 6 nitrogen and oxygen atoms in total. The summed E-state index contributed by atoms with van der Waals surface area (Å²) in [6.45, 7) is 0. The highest BCUT2D eigenvalue weighted by Crippen LogP contribution is 2.30. The summed E-state index contributed by atoms with van der Waals surface area (Å²) in [5.41, 5.74) is -0.105. The van der Waals surface area contributed by atoms with Gasteiger partial charge in [0, 0.05) is 12.1 Å². The van der Waals surface area contributed by atoms with Gasteiger partial charge in [-0.1, -0.05) is 29.3 Å². The summed E-state index contributed by atoms with van der Waals surface area (Å²) in [6.07, 6.45) is 0. The van der Waals surface area contributed by atoms with Crippen molar-refractivity contribution in [2.24, 2.45) is 0 Å². The van der Waals surface area contributed by atoms with E-state index in [4.69, 9.17) is 23.2 Å². The zero-order chi connectivity index (χ0) is 15.6. The molecule has 0 radical (unpaired) electrons. The number of phenols is 1. The minimum Gasteiger partial charge on any atom is -0.506 e. The zero-order valence-electron chi connectivity index (χ0n) is 10.3. The number of anilines is 1. The second-order valence-electron chi connectivity index (χ2n) is 4.01. The lowest BCUT2D eigenvalue weighted by Crippen LogP contribution is -2.13. The van der Waals surface area contributed by atoms with Gasteiger partial charge < -0.3 is 10.4 Å². The highest BCUT2D eigenvalue weighted by atomic mass is 35.5. The molecule has 0 aliphatic heterocycles. The fourth-order valence-corrected chi connectivity index (χ4v) is 1.98. The Bertz CT molecular complexity index is 734. The predicted molar refractivity (Wildman–Crippen MR) is 79.2 cm³/mol. The van der Waals surface area contributed by atoms with Crippen molar-refractivity contribution in [2.45, 2.75) is 0 Å². The second kappa shape index (κ2) is 5.99. The number of nitrogens with zero attached hydrogens (tertiary/aromatic N) is 1. The molecule has 2 rings (SSSR count). The van der Waals surface area contributed by atoms with Crippen molar-refractivity contribution in [1.82, 2.24) is 0 Å². The summed E-state index contributed by atoms with van der Waals surface area (Å²) in [5, 5.41) is 22.6. The molecule has 0 heterocycles. The van der Waals surface area contributed by atoms with Crippen LogP contribution < -0.4 is 5.32 Å². The molecule has 0 bridgehead atoms. The number of phenolic OH excluding ortho intramolecular Hbond substituents is 1. The number of nitro groups is 1. The number of carbonyl (C=O) groups excluding carboxylic acids is 1. The highest BCUT2D eigenvalue weighted by molar-refractivity contribution is 6.36. The van der Waals surface area contributed by atoms with Gasteiger partial charge in [0.1, 0.15) is 5.75 Å². The lowest BCUT2D eigenvalue weighted by molar-refractivity contribution is -0.384. The Kier molecular flexibility index (Phi) is 4.30. The summed E-state index contributed by atoms with van der Waals surface area (Å²) in [7, 11) is 0. The van der Waals surface area contributed by atoms with Crippen LogP contribution in [-0.4, -0.2) is 15.9 Å². The molecule has 0 saturated heterocycles. The first-order chi connectivity index (χ1) is 9.90. The van der Waals surface area contributed by atoms with Crippen molar-refractivity contribution >= 4 is 40.5 Å². The highest BCUT2D eigenvalue weighted by Gasteiger charge is 2.16. The molecule has 0 atom stereocenters. The van der Waals surface area contributed by atoms with Crippen LogP contribution in [0.15, 0.2) is 36.4 Å². The number of benzene rings is 2. The van der Waals surface area contributed by atoms with Crippen molar-refractivity contribution < 1.29 is 14.8 Å². The molecular weight excluding hydrogens is 319 g/mol. The van der Waals surface area contributed by atoms with E-state index in [1.807, 2.05) is 0 Å². The van der Waals surface area contributed by atoms with Crippen LogP contribution >= 0.6 is 23.2 Å². The second-order valence-corrected chi connectivity index (χ2v) is 4.80. The first kappa shape index (κ1) is 15.1. The Labute approximate surface area is 129 Å². The van der Waals surface area contributed by atoms with E-state index in [2.05, 4.69) is 5.32 Å². The van der Waals surface area contributed by atoms with Crippen LogP contribution in [0, 0.1) is 10.1 Å². The molecule has 0 aliphatic rings. The SMILES string of the molecule is O=C(Nc1cc([N+](=O)[O-])ccc1Cl)c1cccc(O)c1Cl. The topological polar surface area (TPSA) is 92.5 Å². The fraction of sp³-hybridized carbons (Fsp3) is 0. The van der Waals surface area contributed by atoms with Crippen molar-refractivity contribution in [3.8, 4) is 5.75 Å². The maximum Gasteiger partial charge on any atom is 0.271 e. The monoisotopic (exact) mass is 326 g/mol. The molecule has 0 aliphatic carbocycles. The Hall–Kier alpha value is -2.31. The third-order valence-corrected chi connectivity index (χ3v) is 3.36. The van der Waals surface area contributed by atoms with E-state index in [-0.39, 0.29) is 32.7 Å².